The van der Waals surface area contributed by atoms with E-state index < -0.39 is 0 Å². The first-order valence-corrected chi connectivity index (χ1v) is 6.19. The standard InChI is InChI=1S/C14H26/c1-6-14(8-7-9-14)10-12(4)13(5)11(2)3/h11-12H,5-10H2,1-4H3. The minimum atomic E-state index is 0.652. The molecule has 1 aliphatic rings. The van der Waals surface area contributed by atoms with Crippen molar-refractivity contribution in [1.29, 1.82) is 0 Å². The molecule has 0 radical (unpaired) electrons. The van der Waals surface area contributed by atoms with Crippen LogP contribution in [0.25, 0.3) is 0 Å². The summed E-state index contributed by atoms with van der Waals surface area (Å²) in [5.41, 5.74) is 2.14. The molecule has 0 saturated heterocycles. The molecule has 82 valence electrons. The summed E-state index contributed by atoms with van der Waals surface area (Å²) in [4.78, 5) is 0. The van der Waals surface area contributed by atoms with E-state index in [1.54, 1.807) is 0 Å². The molecule has 0 aromatic heterocycles. The summed E-state index contributed by atoms with van der Waals surface area (Å²) >= 11 is 0. The van der Waals surface area contributed by atoms with Crippen molar-refractivity contribution in [2.24, 2.45) is 17.3 Å². The van der Waals surface area contributed by atoms with Gasteiger partial charge in [0.2, 0.25) is 0 Å². The van der Waals surface area contributed by atoms with Crippen LogP contribution in [0.5, 0.6) is 0 Å². The van der Waals surface area contributed by atoms with Gasteiger partial charge in [0.05, 0.1) is 0 Å². The molecule has 14 heavy (non-hydrogen) atoms. The first kappa shape index (κ1) is 11.8. The van der Waals surface area contributed by atoms with Gasteiger partial charge in [-0.25, -0.2) is 0 Å². The zero-order valence-corrected chi connectivity index (χ0v) is 10.4. The third-order valence-corrected chi connectivity index (χ3v) is 4.28. The van der Waals surface area contributed by atoms with E-state index in [0.717, 1.165) is 5.92 Å². The molecule has 0 aliphatic heterocycles. The van der Waals surface area contributed by atoms with Gasteiger partial charge < -0.3 is 0 Å². The van der Waals surface area contributed by atoms with Crippen molar-refractivity contribution in [2.75, 3.05) is 0 Å². The van der Waals surface area contributed by atoms with E-state index in [9.17, 15) is 0 Å². The van der Waals surface area contributed by atoms with Crippen LogP contribution in [-0.2, 0) is 0 Å². The SMILES string of the molecule is C=C(C(C)C)C(C)CC1(CC)CCC1. The highest BCUT2D eigenvalue weighted by Crippen LogP contribution is 2.49. The summed E-state index contributed by atoms with van der Waals surface area (Å²) in [6, 6.07) is 0. The van der Waals surface area contributed by atoms with Crippen molar-refractivity contribution in [3.63, 3.8) is 0 Å². The van der Waals surface area contributed by atoms with Gasteiger partial charge in [-0.05, 0) is 36.5 Å². The molecule has 0 heterocycles. The highest BCUT2D eigenvalue weighted by atomic mass is 14.4. The van der Waals surface area contributed by atoms with Gasteiger partial charge in [-0.3, -0.25) is 0 Å². The number of hydrogen-bond donors (Lipinski definition) is 0. The fraction of sp³-hybridized carbons (Fsp3) is 0.857. The Morgan fingerprint density at radius 3 is 2.14 bits per heavy atom. The summed E-state index contributed by atoms with van der Waals surface area (Å²) in [5, 5.41) is 0. The lowest BCUT2D eigenvalue weighted by molar-refractivity contribution is 0.0963. The van der Waals surface area contributed by atoms with Crippen LogP contribution in [0.15, 0.2) is 12.2 Å². The second kappa shape index (κ2) is 4.51. The van der Waals surface area contributed by atoms with Crippen molar-refractivity contribution in [3.05, 3.63) is 12.2 Å². The predicted octanol–water partition coefficient (Wildman–Crippen LogP) is 4.81. The van der Waals surface area contributed by atoms with Gasteiger partial charge in [0, 0.05) is 0 Å². The van der Waals surface area contributed by atoms with E-state index in [0.29, 0.717) is 11.3 Å². The highest BCUT2D eigenvalue weighted by molar-refractivity contribution is 5.04. The topological polar surface area (TPSA) is 0 Å². The lowest BCUT2D eigenvalue weighted by Gasteiger charge is -2.44. The number of rotatable bonds is 5. The Hall–Kier alpha value is -0.260. The Kier molecular flexibility index (Phi) is 3.80. The molecule has 0 amide bonds. The van der Waals surface area contributed by atoms with E-state index in [2.05, 4.69) is 34.3 Å². The summed E-state index contributed by atoms with van der Waals surface area (Å²) in [5.74, 6) is 1.37. The monoisotopic (exact) mass is 194 g/mol. The van der Waals surface area contributed by atoms with E-state index in [1.807, 2.05) is 0 Å². The normalized spacial score (nSPS) is 21.8. The summed E-state index contributed by atoms with van der Waals surface area (Å²) in [7, 11) is 0. The Balaban J connectivity index is 2.46. The van der Waals surface area contributed by atoms with Crippen LogP contribution in [-0.4, -0.2) is 0 Å². The number of allylic oxidation sites excluding steroid dienone is 1. The lowest BCUT2D eigenvalue weighted by Crippen LogP contribution is -2.31. The summed E-state index contributed by atoms with van der Waals surface area (Å²) in [6.45, 7) is 13.5. The fourth-order valence-electron chi connectivity index (χ4n) is 2.73. The molecule has 1 unspecified atom stereocenters. The maximum absolute atomic E-state index is 4.23. The van der Waals surface area contributed by atoms with Crippen molar-refractivity contribution >= 4 is 0 Å². The summed E-state index contributed by atoms with van der Waals surface area (Å²) in [6.07, 6.45) is 7.11. The Bertz CT molecular complexity index is 191. The molecule has 0 heteroatoms. The van der Waals surface area contributed by atoms with Crippen LogP contribution in [0.3, 0.4) is 0 Å². The van der Waals surface area contributed by atoms with Gasteiger partial charge in [-0.2, -0.15) is 0 Å². The van der Waals surface area contributed by atoms with Gasteiger partial charge in [0.15, 0.2) is 0 Å². The number of hydrogen-bond acceptors (Lipinski definition) is 0. The first-order valence-electron chi connectivity index (χ1n) is 6.19. The molecular weight excluding hydrogens is 168 g/mol. The second-order valence-corrected chi connectivity index (χ2v) is 5.54. The largest absolute Gasteiger partial charge is 0.0993 e. The Labute approximate surface area is 89.8 Å². The van der Waals surface area contributed by atoms with E-state index in [1.165, 1.54) is 37.7 Å². The average Bonchev–Trinajstić information content (AvgIpc) is 2.09. The Morgan fingerprint density at radius 1 is 1.29 bits per heavy atom. The third-order valence-electron chi connectivity index (χ3n) is 4.28. The van der Waals surface area contributed by atoms with E-state index >= 15 is 0 Å². The van der Waals surface area contributed by atoms with E-state index in [4.69, 9.17) is 0 Å². The van der Waals surface area contributed by atoms with Crippen molar-refractivity contribution in [2.45, 2.75) is 59.8 Å². The maximum Gasteiger partial charge on any atom is -0.0227 e. The van der Waals surface area contributed by atoms with Crippen LogP contribution in [0.2, 0.25) is 0 Å². The summed E-state index contributed by atoms with van der Waals surface area (Å²) < 4.78 is 0. The van der Waals surface area contributed by atoms with Crippen LogP contribution in [0, 0.1) is 17.3 Å². The van der Waals surface area contributed by atoms with Gasteiger partial charge in [0.1, 0.15) is 0 Å². The third kappa shape index (κ3) is 2.40. The molecule has 0 aromatic carbocycles. The van der Waals surface area contributed by atoms with Gasteiger partial charge in [-0.15, -0.1) is 0 Å². The maximum atomic E-state index is 4.23. The molecule has 0 nitrogen and oxygen atoms in total. The highest BCUT2D eigenvalue weighted by Gasteiger charge is 2.36. The predicted molar refractivity (Wildman–Crippen MR) is 64.3 cm³/mol. The van der Waals surface area contributed by atoms with Crippen LogP contribution < -0.4 is 0 Å². The molecule has 1 fully saturated rings. The minimum absolute atomic E-state index is 0.652. The molecule has 1 rings (SSSR count). The molecule has 0 bridgehead atoms. The fourth-order valence-corrected chi connectivity index (χ4v) is 2.73. The average molecular weight is 194 g/mol. The lowest BCUT2D eigenvalue weighted by atomic mass is 9.62. The zero-order valence-electron chi connectivity index (χ0n) is 10.4. The molecule has 0 spiro atoms. The molecule has 1 aliphatic carbocycles. The van der Waals surface area contributed by atoms with Gasteiger partial charge >= 0.3 is 0 Å². The van der Waals surface area contributed by atoms with Gasteiger partial charge in [0.25, 0.3) is 0 Å². The van der Waals surface area contributed by atoms with Crippen molar-refractivity contribution in [3.8, 4) is 0 Å². The second-order valence-electron chi connectivity index (χ2n) is 5.54. The molecule has 1 atom stereocenters. The molecular formula is C14H26. The minimum Gasteiger partial charge on any atom is -0.0993 e. The van der Waals surface area contributed by atoms with Gasteiger partial charge in [-0.1, -0.05) is 52.7 Å². The zero-order chi connectivity index (χ0) is 10.8. The Morgan fingerprint density at radius 2 is 1.86 bits per heavy atom. The molecule has 0 aromatic rings. The van der Waals surface area contributed by atoms with Crippen molar-refractivity contribution in [1.82, 2.24) is 0 Å². The van der Waals surface area contributed by atoms with E-state index in [-0.39, 0.29) is 0 Å². The van der Waals surface area contributed by atoms with Crippen LogP contribution in [0.1, 0.15) is 59.8 Å². The first-order chi connectivity index (χ1) is 6.51. The van der Waals surface area contributed by atoms with Crippen LogP contribution in [0.4, 0.5) is 0 Å². The quantitative estimate of drug-likeness (QED) is 0.551. The molecule has 0 N–H and O–H groups in total. The molecule has 1 saturated carbocycles. The van der Waals surface area contributed by atoms with Crippen LogP contribution >= 0.6 is 0 Å². The smallest absolute Gasteiger partial charge is 0.0227 e. The van der Waals surface area contributed by atoms with Crippen molar-refractivity contribution < 1.29 is 0 Å².